The maximum absolute atomic E-state index is 12.6. The predicted octanol–water partition coefficient (Wildman–Crippen LogP) is 3.88. The van der Waals surface area contributed by atoms with Crippen LogP contribution in [-0.2, 0) is 19.4 Å². The highest BCUT2D eigenvalue weighted by Crippen LogP contribution is 2.23. The predicted molar refractivity (Wildman–Crippen MR) is 75.9 cm³/mol. The van der Waals surface area contributed by atoms with Crippen molar-refractivity contribution in [3.63, 3.8) is 0 Å². The van der Waals surface area contributed by atoms with Crippen LogP contribution in [0.3, 0.4) is 0 Å². The molecule has 0 bridgehead atoms. The fourth-order valence-corrected chi connectivity index (χ4v) is 2.80. The summed E-state index contributed by atoms with van der Waals surface area (Å²) in [6.07, 6.45) is -0.360. The molecule has 3 rings (SSSR count). The first kappa shape index (κ1) is 13.3. The summed E-state index contributed by atoms with van der Waals surface area (Å²) in [5.74, 6) is 0. The van der Waals surface area contributed by atoms with Gasteiger partial charge in [0.05, 0.1) is 0 Å². The number of hydrogen-bond acceptors (Lipinski definition) is 1. The highest BCUT2D eigenvalue weighted by atomic mass is 19.3. The second-order valence-corrected chi connectivity index (χ2v) is 5.30. The lowest BCUT2D eigenvalue weighted by molar-refractivity contribution is 0.151. The van der Waals surface area contributed by atoms with Crippen LogP contribution < -0.4 is 5.32 Å². The number of hydrogen-bond donors (Lipinski definition) is 1. The summed E-state index contributed by atoms with van der Waals surface area (Å²) >= 11 is 0. The van der Waals surface area contributed by atoms with Gasteiger partial charge in [-0.25, -0.2) is 8.78 Å². The summed E-state index contributed by atoms with van der Waals surface area (Å²) in [4.78, 5) is 0. The van der Waals surface area contributed by atoms with E-state index in [1.54, 1.807) is 12.1 Å². The van der Waals surface area contributed by atoms with Gasteiger partial charge in [-0.2, -0.15) is 0 Å². The molecule has 0 aromatic heterocycles. The average molecular weight is 273 g/mol. The van der Waals surface area contributed by atoms with Crippen molar-refractivity contribution in [2.24, 2.45) is 0 Å². The third-order valence-electron chi connectivity index (χ3n) is 3.85. The minimum absolute atomic E-state index is 0.0963. The van der Waals surface area contributed by atoms with Crippen LogP contribution in [0.15, 0.2) is 48.5 Å². The topological polar surface area (TPSA) is 12.0 Å². The molecule has 0 atom stereocenters. The molecule has 0 radical (unpaired) electrons. The molecule has 3 heteroatoms. The Bertz CT molecular complexity index is 570. The molecule has 2 aromatic rings. The maximum Gasteiger partial charge on any atom is 0.263 e. The van der Waals surface area contributed by atoms with Gasteiger partial charge in [-0.15, -0.1) is 0 Å². The van der Waals surface area contributed by atoms with E-state index in [9.17, 15) is 8.78 Å². The van der Waals surface area contributed by atoms with Gasteiger partial charge in [0.1, 0.15) is 0 Å². The number of alkyl halides is 2. The SMILES string of the molecule is FC(F)c1cccc(CNC2Cc3ccccc3C2)c1. The van der Waals surface area contributed by atoms with Crippen molar-refractivity contribution < 1.29 is 8.78 Å². The van der Waals surface area contributed by atoms with E-state index < -0.39 is 6.43 Å². The summed E-state index contributed by atoms with van der Waals surface area (Å²) in [7, 11) is 0. The summed E-state index contributed by atoms with van der Waals surface area (Å²) in [6, 6.07) is 15.5. The molecule has 0 heterocycles. The van der Waals surface area contributed by atoms with Crippen LogP contribution in [0.2, 0.25) is 0 Å². The molecule has 0 amide bonds. The molecule has 1 aliphatic carbocycles. The second-order valence-electron chi connectivity index (χ2n) is 5.30. The molecule has 0 fully saturated rings. The molecule has 0 saturated carbocycles. The average Bonchev–Trinajstić information content (AvgIpc) is 2.88. The van der Waals surface area contributed by atoms with Crippen molar-refractivity contribution in [1.82, 2.24) is 5.32 Å². The second kappa shape index (κ2) is 5.71. The van der Waals surface area contributed by atoms with E-state index in [1.165, 1.54) is 17.2 Å². The van der Waals surface area contributed by atoms with Gasteiger partial charge in [0.15, 0.2) is 0 Å². The van der Waals surface area contributed by atoms with Gasteiger partial charge in [0.2, 0.25) is 0 Å². The van der Waals surface area contributed by atoms with Crippen LogP contribution in [0.4, 0.5) is 8.78 Å². The Hall–Kier alpha value is -1.74. The standard InChI is InChI=1S/C17H17F2N/c18-17(19)15-7-3-4-12(8-15)11-20-16-9-13-5-1-2-6-14(13)10-16/h1-8,16-17,20H,9-11H2. The zero-order valence-electron chi connectivity index (χ0n) is 11.2. The summed E-state index contributed by atoms with van der Waals surface area (Å²) < 4.78 is 25.3. The Morgan fingerprint density at radius 1 is 1.00 bits per heavy atom. The van der Waals surface area contributed by atoms with Crippen molar-refractivity contribution in [3.8, 4) is 0 Å². The van der Waals surface area contributed by atoms with E-state index in [-0.39, 0.29) is 5.56 Å². The normalized spacial score (nSPS) is 14.8. The summed E-state index contributed by atoms with van der Waals surface area (Å²) in [6.45, 7) is 0.638. The Morgan fingerprint density at radius 2 is 1.70 bits per heavy atom. The quantitative estimate of drug-likeness (QED) is 0.891. The molecule has 2 aromatic carbocycles. The monoisotopic (exact) mass is 273 g/mol. The van der Waals surface area contributed by atoms with Gasteiger partial charge in [0, 0.05) is 18.2 Å². The van der Waals surface area contributed by atoms with Crippen LogP contribution in [-0.4, -0.2) is 6.04 Å². The van der Waals surface area contributed by atoms with Crippen LogP contribution in [0, 0.1) is 0 Å². The van der Waals surface area contributed by atoms with Gasteiger partial charge in [-0.05, 0) is 35.6 Å². The smallest absolute Gasteiger partial charge is 0.263 e. The number of fused-ring (bicyclic) bond motifs is 1. The summed E-state index contributed by atoms with van der Waals surface area (Å²) in [5, 5.41) is 3.47. The largest absolute Gasteiger partial charge is 0.309 e. The molecular weight excluding hydrogens is 256 g/mol. The first-order valence-corrected chi connectivity index (χ1v) is 6.89. The van der Waals surface area contributed by atoms with Crippen LogP contribution in [0.25, 0.3) is 0 Å². The Labute approximate surface area is 117 Å². The maximum atomic E-state index is 12.6. The highest BCUT2D eigenvalue weighted by molar-refractivity contribution is 5.33. The number of rotatable bonds is 4. The molecule has 104 valence electrons. The van der Waals surface area contributed by atoms with E-state index in [1.807, 2.05) is 6.07 Å². The zero-order chi connectivity index (χ0) is 13.9. The minimum atomic E-state index is -2.40. The number of benzene rings is 2. The lowest BCUT2D eigenvalue weighted by atomic mass is 10.1. The lowest BCUT2D eigenvalue weighted by Crippen LogP contribution is -2.28. The molecular formula is C17H17F2N. The van der Waals surface area contributed by atoms with Crippen LogP contribution in [0.1, 0.15) is 28.7 Å². The molecule has 1 N–H and O–H groups in total. The molecule has 20 heavy (non-hydrogen) atoms. The zero-order valence-corrected chi connectivity index (χ0v) is 11.2. The van der Waals surface area contributed by atoms with E-state index in [4.69, 9.17) is 0 Å². The van der Waals surface area contributed by atoms with Crippen molar-refractivity contribution in [2.75, 3.05) is 0 Å². The fraction of sp³-hybridized carbons (Fsp3) is 0.294. The van der Waals surface area contributed by atoms with Gasteiger partial charge in [-0.1, -0.05) is 42.5 Å². The van der Waals surface area contributed by atoms with E-state index >= 15 is 0 Å². The van der Waals surface area contributed by atoms with Crippen molar-refractivity contribution in [2.45, 2.75) is 31.9 Å². The van der Waals surface area contributed by atoms with Crippen molar-refractivity contribution >= 4 is 0 Å². The molecule has 0 spiro atoms. The van der Waals surface area contributed by atoms with E-state index in [0.717, 1.165) is 18.4 Å². The van der Waals surface area contributed by atoms with E-state index in [0.29, 0.717) is 12.6 Å². The van der Waals surface area contributed by atoms with Crippen LogP contribution in [0.5, 0.6) is 0 Å². The third kappa shape index (κ3) is 2.88. The molecule has 1 nitrogen and oxygen atoms in total. The summed E-state index contributed by atoms with van der Waals surface area (Å²) in [5.41, 5.74) is 3.80. The molecule has 1 aliphatic rings. The number of halogens is 2. The third-order valence-corrected chi connectivity index (χ3v) is 3.85. The van der Waals surface area contributed by atoms with Gasteiger partial charge >= 0.3 is 0 Å². The van der Waals surface area contributed by atoms with E-state index in [2.05, 4.69) is 29.6 Å². The number of nitrogens with one attached hydrogen (secondary N) is 1. The van der Waals surface area contributed by atoms with Gasteiger partial charge in [0.25, 0.3) is 6.43 Å². The Balaban J connectivity index is 1.60. The van der Waals surface area contributed by atoms with Crippen LogP contribution >= 0.6 is 0 Å². The Morgan fingerprint density at radius 3 is 2.35 bits per heavy atom. The first-order valence-electron chi connectivity index (χ1n) is 6.89. The fourth-order valence-electron chi connectivity index (χ4n) is 2.80. The van der Waals surface area contributed by atoms with Crippen molar-refractivity contribution in [1.29, 1.82) is 0 Å². The molecule has 0 unspecified atom stereocenters. The van der Waals surface area contributed by atoms with Gasteiger partial charge < -0.3 is 5.32 Å². The minimum Gasteiger partial charge on any atom is -0.309 e. The highest BCUT2D eigenvalue weighted by Gasteiger charge is 2.20. The van der Waals surface area contributed by atoms with Crippen molar-refractivity contribution in [3.05, 3.63) is 70.8 Å². The van der Waals surface area contributed by atoms with Gasteiger partial charge in [-0.3, -0.25) is 0 Å². The Kier molecular flexibility index (Phi) is 3.79. The lowest BCUT2D eigenvalue weighted by Gasteiger charge is -2.12. The molecule has 0 saturated heterocycles. The molecule has 0 aliphatic heterocycles. The first-order chi connectivity index (χ1) is 9.72.